The van der Waals surface area contributed by atoms with Gasteiger partial charge in [-0.2, -0.15) is 13.2 Å². The van der Waals surface area contributed by atoms with Crippen molar-refractivity contribution in [1.82, 2.24) is 15.2 Å². The molecule has 4 aromatic rings. The molecule has 0 bridgehead atoms. The number of rotatable bonds is 7. The Bertz CT molecular complexity index is 1480. The number of carbonyl (C=O) groups excluding carboxylic acids is 1. The number of nitrogens with zero attached hydrogens (tertiary/aromatic N) is 4. The number of benzodiazepines with no additional fused rings is 1. The van der Waals surface area contributed by atoms with E-state index in [1.807, 2.05) is 55.5 Å². The molecule has 0 aliphatic carbocycles. The smallest absolute Gasteiger partial charge is 0.402 e. The van der Waals surface area contributed by atoms with Crippen LogP contribution in [-0.4, -0.2) is 33.0 Å². The van der Waals surface area contributed by atoms with Gasteiger partial charge >= 0.3 is 12.2 Å². The maximum absolute atomic E-state index is 13.3. The third kappa shape index (κ3) is 5.26. The van der Waals surface area contributed by atoms with Crippen molar-refractivity contribution < 1.29 is 22.4 Å². The monoisotopic (exact) mass is 520 g/mol. The molecular formula is C27H23F3N6O2. The maximum Gasteiger partial charge on any atom is 0.417 e. The van der Waals surface area contributed by atoms with Crippen molar-refractivity contribution >= 4 is 23.3 Å². The van der Waals surface area contributed by atoms with Gasteiger partial charge in [0.1, 0.15) is 5.69 Å². The van der Waals surface area contributed by atoms with Gasteiger partial charge in [-0.05, 0) is 30.5 Å². The Hall–Kier alpha value is -4.54. The summed E-state index contributed by atoms with van der Waals surface area (Å²) in [5.74, 6) is -0.503. The van der Waals surface area contributed by atoms with Crippen LogP contribution in [0.3, 0.4) is 0 Å². The van der Waals surface area contributed by atoms with Crippen molar-refractivity contribution in [3.63, 3.8) is 0 Å². The number of alkyl halides is 3. The maximum atomic E-state index is 13.3. The van der Waals surface area contributed by atoms with E-state index in [1.165, 1.54) is 0 Å². The zero-order chi connectivity index (χ0) is 26.7. The molecule has 0 fully saturated rings. The van der Waals surface area contributed by atoms with E-state index < -0.39 is 23.8 Å². The highest BCUT2D eigenvalue weighted by Gasteiger charge is 2.32. The average Bonchev–Trinajstić information content (AvgIpc) is 3.33. The van der Waals surface area contributed by atoms with Crippen LogP contribution >= 0.6 is 0 Å². The minimum absolute atomic E-state index is 0.0584. The Labute approximate surface area is 216 Å². The summed E-state index contributed by atoms with van der Waals surface area (Å²) in [4.78, 5) is 21.7. The van der Waals surface area contributed by atoms with Crippen LogP contribution in [0.4, 0.5) is 24.9 Å². The van der Waals surface area contributed by atoms with E-state index in [0.717, 1.165) is 29.8 Å². The summed E-state index contributed by atoms with van der Waals surface area (Å²) in [5.41, 5.74) is 2.42. The molecule has 2 aromatic carbocycles. The second kappa shape index (κ2) is 10.4. The number of pyridine rings is 1. The Kier molecular flexibility index (Phi) is 6.91. The molecule has 3 heterocycles. The van der Waals surface area contributed by atoms with Crippen LogP contribution in [0.2, 0.25) is 0 Å². The number of carbonyl (C=O) groups is 1. The van der Waals surface area contributed by atoms with Gasteiger partial charge in [0.2, 0.25) is 6.17 Å². The topological polar surface area (TPSA) is 105 Å². The Morgan fingerprint density at radius 3 is 2.58 bits per heavy atom. The number of aliphatic imine (C=N–C) groups is 1. The van der Waals surface area contributed by atoms with Crippen molar-refractivity contribution in [2.75, 3.05) is 10.6 Å². The van der Waals surface area contributed by atoms with Crippen LogP contribution in [0.5, 0.6) is 0 Å². The van der Waals surface area contributed by atoms with E-state index in [0.29, 0.717) is 29.8 Å². The van der Waals surface area contributed by atoms with Crippen molar-refractivity contribution in [2.45, 2.75) is 38.5 Å². The van der Waals surface area contributed by atoms with Gasteiger partial charge in [0.15, 0.2) is 0 Å². The second-order valence-corrected chi connectivity index (χ2v) is 8.67. The molecule has 11 heteroatoms. The van der Waals surface area contributed by atoms with Crippen molar-refractivity contribution in [1.29, 1.82) is 0 Å². The van der Waals surface area contributed by atoms with E-state index in [2.05, 4.69) is 30.8 Å². The first-order valence-electron chi connectivity index (χ1n) is 12.0. The molecule has 1 aliphatic rings. The van der Waals surface area contributed by atoms with Gasteiger partial charge in [-0.15, -0.1) is 5.10 Å². The highest BCUT2D eigenvalue weighted by Crippen LogP contribution is 2.33. The molecule has 5 rings (SSSR count). The minimum Gasteiger partial charge on any atom is -0.402 e. The number of para-hydroxylation sites is 1. The number of nitrogens with one attached hydrogen (secondary N) is 2. The first-order valence-corrected chi connectivity index (χ1v) is 12.0. The van der Waals surface area contributed by atoms with Crippen LogP contribution in [0, 0.1) is 0 Å². The number of anilines is 2. The molecule has 8 nitrogen and oxygen atoms in total. The van der Waals surface area contributed by atoms with E-state index >= 15 is 0 Å². The van der Waals surface area contributed by atoms with Gasteiger partial charge in [0.25, 0.3) is 11.8 Å². The van der Waals surface area contributed by atoms with E-state index in [4.69, 9.17) is 4.42 Å². The molecule has 2 N–H and O–H groups in total. The molecule has 1 aliphatic heterocycles. The summed E-state index contributed by atoms with van der Waals surface area (Å²) in [5, 5.41) is 13.6. The quantitative estimate of drug-likeness (QED) is 0.323. The highest BCUT2D eigenvalue weighted by molar-refractivity contribution is 6.19. The summed E-state index contributed by atoms with van der Waals surface area (Å²) < 4.78 is 45.5. The lowest BCUT2D eigenvalue weighted by Crippen LogP contribution is -2.32. The van der Waals surface area contributed by atoms with Gasteiger partial charge in [-0.1, -0.05) is 67.0 Å². The molecule has 194 valence electrons. The number of benzene rings is 2. The molecule has 0 unspecified atom stereocenters. The van der Waals surface area contributed by atoms with Crippen molar-refractivity contribution in [3.8, 4) is 11.6 Å². The zero-order valence-corrected chi connectivity index (χ0v) is 20.3. The minimum atomic E-state index is -4.52. The number of hydrogen-bond acceptors (Lipinski definition) is 7. The molecule has 0 saturated carbocycles. The number of aromatic nitrogens is 3. The zero-order valence-electron chi connectivity index (χ0n) is 20.3. The summed E-state index contributed by atoms with van der Waals surface area (Å²) in [6, 6.07) is 17.7. The van der Waals surface area contributed by atoms with E-state index in [1.54, 1.807) is 6.07 Å². The molecular weight excluding hydrogens is 497 g/mol. The first-order chi connectivity index (χ1) is 18.3. The third-order valence-electron chi connectivity index (χ3n) is 5.98. The Morgan fingerprint density at radius 2 is 1.82 bits per heavy atom. The Morgan fingerprint density at radius 1 is 1.05 bits per heavy atom. The fourth-order valence-corrected chi connectivity index (χ4v) is 4.09. The lowest BCUT2D eigenvalue weighted by molar-refractivity contribution is -0.137. The number of halogens is 3. The number of fused-ring (bicyclic) bond motifs is 1. The summed E-state index contributed by atoms with van der Waals surface area (Å²) in [6.07, 6.45) is -3.09. The summed E-state index contributed by atoms with van der Waals surface area (Å²) in [7, 11) is 0. The van der Waals surface area contributed by atoms with Crippen LogP contribution in [-0.2, 0) is 17.4 Å². The fraction of sp³-hybridized carbons (Fsp3) is 0.222. The van der Waals surface area contributed by atoms with Gasteiger partial charge in [-0.25, -0.2) is 4.99 Å². The predicted octanol–water partition coefficient (Wildman–Crippen LogP) is 5.72. The van der Waals surface area contributed by atoms with E-state index in [9.17, 15) is 18.0 Å². The number of hydrogen-bond donors (Lipinski definition) is 2. The lowest BCUT2D eigenvalue weighted by Gasteiger charge is -2.12. The molecule has 38 heavy (non-hydrogen) atoms. The van der Waals surface area contributed by atoms with Crippen LogP contribution in [0.25, 0.3) is 11.6 Å². The molecule has 0 spiro atoms. The third-order valence-corrected chi connectivity index (χ3v) is 5.98. The number of aryl methyl sites for hydroxylation is 1. The molecule has 1 atom stereocenters. The lowest BCUT2D eigenvalue weighted by atomic mass is 10.0. The van der Waals surface area contributed by atoms with Gasteiger partial charge in [-0.3, -0.25) is 9.78 Å². The molecule has 2 aromatic heterocycles. The Balaban J connectivity index is 1.47. The molecule has 0 saturated heterocycles. The van der Waals surface area contributed by atoms with Crippen molar-refractivity contribution in [3.05, 3.63) is 89.1 Å². The molecule has 0 radical (unpaired) electrons. The summed E-state index contributed by atoms with van der Waals surface area (Å²) in [6.45, 7) is 1.94. The largest absolute Gasteiger partial charge is 0.417 e. The number of amides is 1. The predicted molar refractivity (Wildman–Crippen MR) is 136 cm³/mol. The van der Waals surface area contributed by atoms with E-state index in [-0.39, 0.29) is 17.6 Å². The van der Waals surface area contributed by atoms with Gasteiger partial charge < -0.3 is 15.1 Å². The molecule has 1 amide bonds. The van der Waals surface area contributed by atoms with Crippen LogP contribution in [0.1, 0.15) is 42.0 Å². The normalized spacial score (nSPS) is 15.3. The number of unbranched alkanes of at least 4 members (excludes halogenated alkanes) is 1. The second-order valence-electron chi connectivity index (χ2n) is 8.67. The van der Waals surface area contributed by atoms with Crippen LogP contribution < -0.4 is 10.6 Å². The highest BCUT2D eigenvalue weighted by atomic mass is 19.4. The van der Waals surface area contributed by atoms with Gasteiger partial charge in [0.05, 0.1) is 17.0 Å². The average molecular weight is 521 g/mol. The van der Waals surface area contributed by atoms with Crippen molar-refractivity contribution in [2.24, 2.45) is 4.99 Å². The SMILES string of the molecule is CCCCc1cc(C(F)(F)F)cnc1-c1nnc(N[C@H]2N=C(c3ccccc3)c3ccccc3NC2=O)o1. The standard InChI is InChI=1S/C27H23F3N6O2/c1-2-3-9-17-14-18(27(28,29)30)15-31-22(17)25-35-36-26(38-25)34-23-24(37)32-20-13-8-7-12-19(20)21(33-23)16-10-5-4-6-11-16/h4-8,10-15,23H,2-3,9H2,1H3,(H,32,37)(H,34,36)/t23-/m1/s1. The summed E-state index contributed by atoms with van der Waals surface area (Å²) >= 11 is 0. The van der Waals surface area contributed by atoms with Gasteiger partial charge in [0, 0.05) is 17.3 Å². The van der Waals surface area contributed by atoms with Crippen LogP contribution in [0.15, 0.2) is 76.3 Å². The first kappa shape index (κ1) is 25.1. The fourth-order valence-electron chi connectivity index (χ4n) is 4.09.